The molecule has 2 aliphatic rings. The molecule has 0 amide bonds. The maximum atomic E-state index is 12.4. The minimum Gasteiger partial charge on any atom is -0.292 e. The van der Waals surface area contributed by atoms with Crippen LogP contribution in [0.5, 0.6) is 0 Å². The SMILES string of the molecule is Cc1cccc(C(=O)C2CC3CCC(C2)S3=O)n1. The monoisotopic (exact) mass is 263 g/mol. The molecule has 3 rings (SSSR count). The highest BCUT2D eigenvalue weighted by Crippen LogP contribution is 2.39. The van der Waals surface area contributed by atoms with E-state index in [2.05, 4.69) is 4.98 Å². The summed E-state index contributed by atoms with van der Waals surface area (Å²) in [7, 11) is -0.689. The molecule has 2 fully saturated rings. The number of Topliss-reactive ketones (excluding diaryl/α,β-unsaturated/α-hetero) is 1. The van der Waals surface area contributed by atoms with E-state index in [9.17, 15) is 9.00 Å². The first kappa shape index (κ1) is 12.0. The Kier molecular flexibility index (Phi) is 3.06. The number of hydrogen-bond donors (Lipinski definition) is 0. The van der Waals surface area contributed by atoms with E-state index in [4.69, 9.17) is 0 Å². The van der Waals surface area contributed by atoms with Crippen molar-refractivity contribution in [2.24, 2.45) is 5.92 Å². The van der Waals surface area contributed by atoms with Crippen LogP contribution >= 0.6 is 0 Å². The lowest BCUT2D eigenvalue weighted by atomic mass is 9.92. The molecule has 4 heteroatoms. The van der Waals surface area contributed by atoms with E-state index in [0.717, 1.165) is 31.4 Å². The number of hydrogen-bond acceptors (Lipinski definition) is 3. The number of fused-ring (bicyclic) bond motifs is 2. The number of aryl methyl sites for hydroxylation is 1. The molecule has 0 N–H and O–H groups in total. The van der Waals surface area contributed by atoms with Gasteiger partial charge in [-0.05, 0) is 44.7 Å². The van der Waals surface area contributed by atoms with Gasteiger partial charge in [-0.2, -0.15) is 0 Å². The Balaban J connectivity index is 1.80. The molecule has 0 spiro atoms. The molecule has 96 valence electrons. The summed E-state index contributed by atoms with van der Waals surface area (Å²) in [6, 6.07) is 5.57. The van der Waals surface area contributed by atoms with Crippen molar-refractivity contribution in [1.82, 2.24) is 4.98 Å². The van der Waals surface area contributed by atoms with E-state index in [1.54, 1.807) is 6.07 Å². The number of carbonyl (C=O) groups is 1. The van der Waals surface area contributed by atoms with Crippen molar-refractivity contribution in [2.45, 2.75) is 43.1 Å². The highest BCUT2D eigenvalue weighted by atomic mass is 32.2. The molecular weight excluding hydrogens is 246 g/mol. The molecule has 3 nitrogen and oxygen atoms in total. The third kappa shape index (κ3) is 2.03. The number of carbonyl (C=O) groups excluding carboxylic acids is 1. The number of nitrogens with zero attached hydrogens (tertiary/aromatic N) is 1. The smallest absolute Gasteiger partial charge is 0.184 e. The van der Waals surface area contributed by atoms with Gasteiger partial charge in [0.25, 0.3) is 0 Å². The van der Waals surface area contributed by atoms with Crippen molar-refractivity contribution < 1.29 is 9.00 Å². The Morgan fingerprint density at radius 1 is 1.28 bits per heavy atom. The van der Waals surface area contributed by atoms with Crippen LogP contribution in [-0.2, 0) is 10.8 Å². The van der Waals surface area contributed by atoms with Crippen molar-refractivity contribution in [3.05, 3.63) is 29.6 Å². The molecule has 18 heavy (non-hydrogen) atoms. The van der Waals surface area contributed by atoms with Crippen molar-refractivity contribution in [2.75, 3.05) is 0 Å². The van der Waals surface area contributed by atoms with Crippen molar-refractivity contribution >= 4 is 16.6 Å². The summed E-state index contributed by atoms with van der Waals surface area (Å²) in [4.78, 5) is 16.7. The molecule has 2 aliphatic heterocycles. The van der Waals surface area contributed by atoms with Crippen LogP contribution in [0.25, 0.3) is 0 Å². The zero-order chi connectivity index (χ0) is 12.7. The average molecular weight is 263 g/mol. The lowest BCUT2D eigenvalue weighted by Crippen LogP contribution is -2.32. The van der Waals surface area contributed by atoms with Gasteiger partial charge in [0.15, 0.2) is 5.78 Å². The summed E-state index contributed by atoms with van der Waals surface area (Å²) >= 11 is 0. The Morgan fingerprint density at radius 3 is 2.56 bits per heavy atom. The van der Waals surface area contributed by atoms with Crippen LogP contribution in [-0.4, -0.2) is 25.5 Å². The second kappa shape index (κ2) is 4.57. The van der Waals surface area contributed by atoms with Gasteiger partial charge in [-0.25, -0.2) is 0 Å². The molecule has 0 aliphatic carbocycles. The quantitative estimate of drug-likeness (QED) is 0.769. The van der Waals surface area contributed by atoms with Gasteiger partial charge in [0, 0.05) is 32.9 Å². The highest BCUT2D eigenvalue weighted by molar-refractivity contribution is 7.86. The normalized spacial score (nSPS) is 34.5. The van der Waals surface area contributed by atoms with Crippen LogP contribution < -0.4 is 0 Å². The Bertz CT molecular complexity index is 498. The topological polar surface area (TPSA) is 47.0 Å². The minimum atomic E-state index is -0.689. The first-order valence-corrected chi connectivity index (χ1v) is 7.80. The first-order chi connectivity index (χ1) is 8.65. The standard InChI is InChI=1S/C14H17NO2S/c1-9-3-2-4-13(15-9)14(16)10-7-11-5-6-12(8-10)18(11)17/h2-4,10-12H,5-8H2,1H3. The summed E-state index contributed by atoms with van der Waals surface area (Å²) in [6.07, 6.45) is 3.64. The van der Waals surface area contributed by atoms with E-state index in [0.29, 0.717) is 5.69 Å². The van der Waals surface area contributed by atoms with Crippen LogP contribution in [0.3, 0.4) is 0 Å². The predicted octanol–water partition coefficient (Wildman–Crippen LogP) is 2.26. The van der Waals surface area contributed by atoms with Gasteiger partial charge in [-0.1, -0.05) is 6.07 Å². The predicted molar refractivity (Wildman–Crippen MR) is 71.0 cm³/mol. The number of pyridine rings is 1. The molecule has 2 atom stereocenters. The third-order valence-electron chi connectivity index (χ3n) is 4.07. The van der Waals surface area contributed by atoms with Crippen LogP contribution in [0.2, 0.25) is 0 Å². The molecule has 1 aromatic rings. The molecular formula is C14H17NO2S. The van der Waals surface area contributed by atoms with Crippen molar-refractivity contribution in [3.63, 3.8) is 0 Å². The number of rotatable bonds is 2. The van der Waals surface area contributed by atoms with Crippen molar-refractivity contribution in [1.29, 1.82) is 0 Å². The fourth-order valence-electron chi connectivity index (χ4n) is 3.14. The largest absolute Gasteiger partial charge is 0.292 e. The zero-order valence-corrected chi connectivity index (χ0v) is 11.3. The second-order valence-electron chi connectivity index (χ2n) is 5.35. The highest BCUT2D eigenvalue weighted by Gasteiger charge is 2.43. The van der Waals surface area contributed by atoms with Gasteiger partial charge < -0.3 is 0 Å². The van der Waals surface area contributed by atoms with Gasteiger partial charge in [0.1, 0.15) is 5.69 Å². The summed E-state index contributed by atoms with van der Waals surface area (Å²) in [5.74, 6) is 0.182. The molecule has 3 heterocycles. The van der Waals surface area contributed by atoms with Crippen molar-refractivity contribution in [3.8, 4) is 0 Å². The fourth-order valence-corrected chi connectivity index (χ4v) is 5.26. The molecule has 2 saturated heterocycles. The molecule has 1 aromatic heterocycles. The maximum absolute atomic E-state index is 12.4. The Morgan fingerprint density at radius 2 is 1.94 bits per heavy atom. The summed E-state index contributed by atoms with van der Waals surface area (Å²) in [5.41, 5.74) is 1.45. The number of aromatic nitrogens is 1. The molecule has 0 radical (unpaired) electrons. The van der Waals surface area contributed by atoms with Crippen LogP contribution in [0.15, 0.2) is 18.2 Å². The fraction of sp³-hybridized carbons (Fsp3) is 0.571. The van der Waals surface area contributed by atoms with E-state index >= 15 is 0 Å². The molecule has 2 unspecified atom stereocenters. The Hall–Kier alpha value is -1.03. The minimum absolute atomic E-state index is 0.0366. The van der Waals surface area contributed by atoms with E-state index in [1.807, 2.05) is 19.1 Å². The van der Waals surface area contributed by atoms with E-state index < -0.39 is 10.8 Å². The van der Waals surface area contributed by atoms with Gasteiger partial charge in [0.2, 0.25) is 0 Å². The Labute approximate surface area is 109 Å². The summed E-state index contributed by atoms with van der Waals surface area (Å²) in [6.45, 7) is 1.90. The first-order valence-electron chi connectivity index (χ1n) is 6.52. The molecule has 0 aromatic carbocycles. The third-order valence-corrected chi connectivity index (χ3v) is 6.24. The van der Waals surface area contributed by atoms with Crippen LogP contribution in [0, 0.1) is 12.8 Å². The van der Waals surface area contributed by atoms with Crippen LogP contribution in [0.4, 0.5) is 0 Å². The van der Waals surface area contributed by atoms with Crippen LogP contribution in [0.1, 0.15) is 41.9 Å². The summed E-state index contributed by atoms with van der Waals surface area (Å²) in [5, 5.41) is 0.505. The van der Waals surface area contributed by atoms with Gasteiger partial charge in [-0.3, -0.25) is 14.0 Å². The number of ketones is 1. The maximum Gasteiger partial charge on any atom is 0.184 e. The summed E-state index contributed by atoms with van der Waals surface area (Å²) < 4.78 is 11.9. The second-order valence-corrected chi connectivity index (χ2v) is 7.34. The average Bonchev–Trinajstić information content (AvgIpc) is 2.61. The molecule has 0 saturated carbocycles. The lowest BCUT2D eigenvalue weighted by molar-refractivity contribution is 0.0901. The van der Waals surface area contributed by atoms with Gasteiger partial charge in [-0.15, -0.1) is 0 Å². The zero-order valence-electron chi connectivity index (χ0n) is 10.5. The lowest BCUT2D eigenvalue weighted by Gasteiger charge is -2.25. The molecule has 2 bridgehead atoms. The van der Waals surface area contributed by atoms with Gasteiger partial charge >= 0.3 is 0 Å². The van der Waals surface area contributed by atoms with E-state index in [1.165, 1.54) is 0 Å². The van der Waals surface area contributed by atoms with Gasteiger partial charge in [0.05, 0.1) is 0 Å². The van der Waals surface area contributed by atoms with E-state index in [-0.39, 0.29) is 22.2 Å².